The van der Waals surface area contributed by atoms with E-state index in [1.807, 2.05) is 19.1 Å². The molecule has 0 saturated carbocycles. The van der Waals surface area contributed by atoms with Crippen molar-refractivity contribution in [2.75, 3.05) is 6.54 Å². The van der Waals surface area contributed by atoms with E-state index in [1.165, 1.54) is 19.3 Å². The number of rotatable bonds is 7. The van der Waals surface area contributed by atoms with Crippen LogP contribution in [0.4, 0.5) is 0 Å². The van der Waals surface area contributed by atoms with Gasteiger partial charge in [0.15, 0.2) is 0 Å². The van der Waals surface area contributed by atoms with Crippen molar-refractivity contribution in [2.45, 2.75) is 70.2 Å². The molecule has 124 valence electrons. The lowest BCUT2D eigenvalue weighted by Crippen LogP contribution is -2.35. The predicted octanol–water partition coefficient (Wildman–Crippen LogP) is 4.36. The zero-order valence-electron chi connectivity index (χ0n) is 14.1. The van der Waals surface area contributed by atoms with E-state index in [9.17, 15) is 8.42 Å². The Hall–Kier alpha value is -0.870. The van der Waals surface area contributed by atoms with Crippen molar-refractivity contribution < 1.29 is 8.42 Å². The Bertz CT molecular complexity index is 565. The summed E-state index contributed by atoms with van der Waals surface area (Å²) < 4.78 is 27.6. The molecule has 0 aliphatic carbocycles. The normalized spacial score (nSPS) is 23.0. The predicted molar refractivity (Wildman–Crippen MR) is 91.4 cm³/mol. The van der Waals surface area contributed by atoms with Gasteiger partial charge in [0.05, 0.1) is 4.90 Å². The van der Waals surface area contributed by atoms with Gasteiger partial charge in [0.25, 0.3) is 0 Å². The van der Waals surface area contributed by atoms with Gasteiger partial charge in [0.1, 0.15) is 0 Å². The number of hydrogen-bond acceptors (Lipinski definition) is 2. The first kappa shape index (κ1) is 17.5. The van der Waals surface area contributed by atoms with Gasteiger partial charge >= 0.3 is 0 Å². The van der Waals surface area contributed by atoms with Crippen LogP contribution in [0, 0.1) is 12.8 Å². The van der Waals surface area contributed by atoms with E-state index in [0.717, 1.165) is 24.8 Å². The van der Waals surface area contributed by atoms with Crippen LogP contribution in [0.2, 0.25) is 0 Å². The number of hydrogen-bond donors (Lipinski definition) is 0. The average Bonchev–Trinajstić information content (AvgIpc) is 2.86. The summed E-state index contributed by atoms with van der Waals surface area (Å²) in [6.07, 6.45) is 6.79. The molecule has 3 nitrogen and oxygen atoms in total. The molecular weight excluding hydrogens is 294 g/mol. The third kappa shape index (κ3) is 4.11. The van der Waals surface area contributed by atoms with Crippen LogP contribution in [-0.2, 0) is 10.0 Å². The SMILES string of the molecule is CCCCCCC1CC(C)CN1S(=O)(=O)c1ccc(C)cc1. The molecule has 1 saturated heterocycles. The summed E-state index contributed by atoms with van der Waals surface area (Å²) in [5, 5.41) is 0. The Labute approximate surface area is 135 Å². The van der Waals surface area contributed by atoms with E-state index >= 15 is 0 Å². The van der Waals surface area contributed by atoms with Crippen molar-refractivity contribution in [3.63, 3.8) is 0 Å². The monoisotopic (exact) mass is 323 g/mol. The van der Waals surface area contributed by atoms with Crippen molar-refractivity contribution in [2.24, 2.45) is 5.92 Å². The Morgan fingerprint density at radius 2 is 1.82 bits per heavy atom. The van der Waals surface area contributed by atoms with Crippen LogP contribution in [0.1, 0.15) is 57.9 Å². The van der Waals surface area contributed by atoms with E-state index in [-0.39, 0.29) is 6.04 Å². The fourth-order valence-corrected chi connectivity index (χ4v) is 5.11. The quantitative estimate of drug-likeness (QED) is 0.699. The Balaban J connectivity index is 2.11. The summed E-state index contributed by atoms with van der Waals surface area (Å²) in [5.74, 6) is 0.455. The molecule has 22 heavy (non-hydrogen) atoms. The summed E-state index contributed by atoms with van der Waals surface area (Å²) in [7, 11) is -3.35. The Morgan fingerprint density at radius 3 is 2.45 bits per heavy atom. The highest BCUT2D eigenvalue weighted by Gasteiger charge is 2.37. The number of aryl methyl sites for hydroxylation is 1. The van der Waals surface area contributed by atoms with Crippen LogP contribution < -0.4 is 0 Å². The van der Waals surface area contributed by atoms with Gasteiger partial charge < -0.3 is 0 Å². The van der Waals surface area contributed by atoms with Gasteiger partial charge in [-0.05, 0) is 37.8 Å². The van der Waals surface area contributed by atoms with Crippen molar-refractivity contribution in [1.82, 2.24) is 4.31 Å². The molecule has 0 aromatic heterocycles. The molecule has 1 aromatic rings. The van der Waals surface area contributed by atoms with Crippen molar-refractivity contribution in [3.8, 4) is 0 Å². The van der Waals surface area contributed by atoms with E-state index in [4.69, 9.17) is 0 Å². The largest absolute Gasteiger partial charge is 0.243 e. The maximum absolute atomic E-state index is 12.9. The highest BCUT2D eigenvalue weighted by molar-refractivity contribution is 7.89. The average molecular weight is 324 g/mol. The molecule has 0 radical (unpaired) electrons. The van der Waals surface area contributed by atoms with Crippen LogP contribution in [0.15, 0.2) is 29.2 Å². The zero-order chi connectivity index (χ0) is 16.2. The molecule has 1 aliphatic rings. The molecule has 1 fully saturated rings. The smallest absolute Gasteiger partial charge is 0.207 e. The lowest BCUT2D eigenvalue weighted by atomic mass is 10.0. The minimum atomic E-state index is -3.35. The molecule has 2 unspecified atom stereocenters. The second-order valence-electron chi connectivity index (χ2n) is 6.73. The lowest BCUT2D eigenvalue weighted by Gasteiger charge is -2.24. The summed E-state index contributed by atoms with van der Waals surface area (Å²) in [5.41, 5.74) is 1.09. The van der Waals surface area contributed by atoms with Crippen LogP contribution in [-0.4, -0.2) is 25.3 Å². The minimum Gasteiger partial charge on any atom is -0.207 e. The van der Waals surface area contributed by atoms with Crippen LogP contribution in [0.5, 0.6) is 0 Å². The fourth-order valence-electron chi connectivity index (χ4n) is 3.32. The first-order valence-corrected chi connectivity index (χ1v) is 9.97. The van der Waals surface area contributed by atoms with Gasteiger partial charge in [-0.15, -0.1) is 0 Å². The first-order chi connectivity index (χ1) is 10.4. The van der Waals surface area contributed by atoms with Crippen LogP contribution in [0.3, 0.4) is 0 Å². The second kappa shape index (κ2) is 7.60. The summed E-state index contributed by atoms with van der Waals surface area (Å²) in [6.45, 7) is 7.00. The molecule has 1 heterocycles. The van der Waals surface area contributed by atoms with Crippen molar-refractivity contribution >= 4 is 10.0 Å². The first-order valence-electron chi connectivity index (χ1n) is 8.53. The number of sulfonamides is 1. The minimum absolute atomic E-state index is 0.179. The maximum atomic E-state index is 12.9. The molecule has 0 spiro atoms. The van der Waals surface area contributed by atoms with Crippen LogP contribution >= 0.6 is 0 Å². The summed E-state index contributed by atoms with van der Waals surface area (Å²) >= 11 is 0. The highest BCUT2D eigenvalue weighted by Crippen LogP contribution is 2.32. The Kier molecular flexibility index (Phi) is 6.04. The van der Waals surface area contributed by atoms with Gasteiger partial charge in [-0.2, -0.15) is 4.31 Å². The molecule has 0 amide bonds. The third-order valence-corrected chi connectivity index (χ3v) is 6.52. The van der Waals surface area contributed by atoms with E-state index < -0.39 is 10.0 Å². The van der Waals surface area contributed by atoms with E-state index in [1.54, 1.807) is 16.4 Å². The lowest BCUT2D eigenvalue weighted by molar-refractivity contribution is 0.359. The van der Waals surface area contributed by atoms with Crippen molar-refractivity contribution in [1.29, 1.82) is 0 Å². The van der Waals surface area contributed by atoms with Gasteiger partial charge in [0.2, 0.25) is 10.0 Å². The third-order valence-electron chi connectivity index (χ3n) is 4.59. The molecular formula is C18H29NO2S. The second-order valence-corrected chi connectivity index (χ2v) is 8.62. The fraction of sp³-hybridized carbons (Fsp3) is 0.667. The topological polar surface area (TPSA) is 37.4 Å². The zero-order valence-corrected chi connectivity index (χ0v) is 14.9. The molecule has 1 aromatic carbocycles. The molecule has 4 heteroatoms. The maximum Gasteiger partial charge on any atom is 0.243 e. The van der Waals surface area contributed by atoms with Gasteiger partial charge in [-0.25, -0.2) is 8.42 Å². The number of unbranched alkanes of at least 4 members (excludes halogenated alkanes) is 3. The number of nitrogens with zero attached hydrogens (tertiary/aromatic N) is 1. The standard InChI is InChI=1S/C18H29NO2S/c1-4-5-6-7-8-17-13-16(3)14-19(17)22(20,21)18-11-9-15(2)10-12-18/h9-12,16-17H,4-8,13-14H2,1-3H3. The molecule has 0 N–H and O–H groups in total. The molecule has 0 bridgehead atoms. The van der Waals surface area contributed by atoms with Crippen molar-refractivity contribution in [3.05, 3.63) is 29.8 Å². The highest BCUT2D eigenvalue weighted by atomic mass is 32.2. The summed E-state index contributed by atoms with van der Waals surface area (Å²) in [6, 6.07) is 7.41. The molecule has 2 rings (SSSR count). The van der Waals surface area contributed by atoms with E-state index in [2.05, 4.69) is 13.8 Å². The number of benzene rings is 1. The van der Waals surface area contributed by atoms with Gasteiger partial charge in [-0.3, -0.25) is 0 Å². The summed E-state index contributed by atoms with van der Waals surface area (Å²) in [4.78, 5) is 0.436. The molecule has 2 atom stereocenters. The van der Waals surface area contributed by atoms with Gasteiger partial charge in [0, 0.05) is 12.6 Å². The van der Waals surface area contributed by atoms with Crippen LogP contribution in [0.25, 0.3) is 0 Å². The van der Waals surface area contributed by atoms with E-state index in [0.29, 0.717) is 17.4 Å². The molecule has 1 aliphatic heterocycles. The Morgan fingerprint density at radius 1 is 1.14 bits per heavy atom. The van der Waals surface area contributed by atoms with Gasteiger partial charge in [-0.1, -0.05) is 57.2 Å².